The number of aromatic nitrogens is 2. The first-order valence-corrected chi connectivity index (χ1v) is 9.96. The van der Waals surface area contributed by atoms with Crippen molar-refractivity contribution in [1.82, 2.24) is 9.78 Å². The third-order valence-electron chi connectivity index (χ3n) is 5.00. The van der Waals surface area contributed by atoms with Gasteiger partial charge in [0.25, 0.3) is 5.91 Å². The zero-order valence-corrected chi connectivity index (χ0v) is 16.1. The van der Waals surface area contributed by atoms with Crippen LogP contribution in [0.5, 0.6) is 5.75 Å². The number of carbonyl (C=O) groups excluding carboxylic acids is 1. The smallest absolute Gasteiger partial charge is 0.256 e. The number of hydrogen-bond acceptors (Lipinski definition) is 3. The normalized spacial score (nSPS) is 12.6. The summed E-state index contributed by atoms with van der Waals surface area (Å²) in [5.41, 5.74) is 3.76. The molecule has 0 spiro atoms. The van der Waals surface area contributed by atoms with Crippen LogP contribution in [0.4, 0.5) is 5.82 Å². The number of nitrogens with one attached hydrogen (secondary N) is 1. The van der Waals surface area contributed by atoms with Crippen LogP contribution in [0.1, 0.15) is 47.8 Å². The molecule has 5 heteroatoms. The summed E-state index contributed by atoms with van der Waals surface area (Å²) >= 11 is 0. The molecule has 1 aliphatic rings. The number of nitrogens with zero attached hydrogens (tertiary/aromatic N) is 2. The minimum atomic E-state index is -0.146. The van der Waals surface area contributed by atoms with E-state index in [1.54, 1.807) is 6.07 Å². The van der Waals surface area contributed by atoms with Gasteiger partial charge in [-0.1, -0.05) is 37.6 Å². The zero-order valence-electron chi connectivity index (χ0n) is 16.1. The average Bonchev–Trinajstić information content (AvgIpc) is 3.32. The third-order valence-corrected chi connectivity index (χ3v) is 5.00. The van der Waals surface area contributed by atoms with E-state index in [9.17, 15) is 4.79 Å². The number of benzene rings is 2. The van der Waals surface area contributed by atoms with E-state index in [4.69, 9.17) is 9.84 Å². The summed E-state index contributed by atoms with van der Waals surface area (Å²) in [5.74, 6) is 1.36. The quantitative estimate of drug-likeness (QED) is 0.604. The standard InChI is InChI=1S/C23H25N3O2/c1-2-3-15-28-19-12-7-9-17(16-19)23(27)24-22-20-13-8-14-21(20)25-26(22)18-10-5-4-6-11-18/h4-7,9-12,16H,2-3,8,13-15H2,1H3,(H,24,27). The van der Waals surface area contributed by atoms with Gasteiger partial charge in [0, 0.05) is 11.1 Å². The molecule has 1 amide bonds. The van der Waals surface area contributed by atoms with Gasteiger partial charge in [0.15, 0.2) is 0 Å². The number of carbonyl (C=O) groups is 1. The summed E-state index contributed by atoms with van der Waals surface area (Å²) in [6.07, 6.45) is 5.06. The Kier molecular flexibility index (Phi) is 5.42. The van der Waals surface area contributed by atoms with Crippen LogP contribution in [-0.4, -0.2) is 22.3 Å². The van der Waals surface area contributed by atoms with Crippen molar-refractivity contribution in [2.45, 2.75) is 39.0 Å². The molecule has 4 rings (SSSR count). The summed E-state index contributed by atoms with van der Waals surface area (Å²) in [6, 6.07) is 17.3. The molecule has 1 aliphatic carbocycles. The van der Waals surface area contributed by atoms with E-state index in [-0.39, 0.29) is 5.91 Å². The molecule has 3 aromatic rings. The van der Waals surface area contributed by atoms with E-state index >= 15 is 0 Å². The number of unbranched alkanes of at least 4 members (excludes halogenated alkanes) is 1. The fraction of sp³-hybridized carbons (Fsp3) is 0.304. The van der Waals surface area contributed by atoms with Crippen LogP contribution >= 0.6 is 0 Å². The van der Waals surface area contributed by atoms with Gasteiger partial charge in [-0.05, 0) is 56.0 Å². The number of hydrogen-bond donors (Lipinski definition) is 1. The van der Waals surface area contributed by atoms with Crippen LogP contribution in [0.15, 0.2) is 54.6 Å². The Balaban J connectivity index is 1.59. The molecule has 1 aromatic heterocycles. The second-order valence-electron chi connectivity index (χ2n) is 7.06. The highest BCUT2D eigenvalue weighted by Crippen LogP contribution is 2.31. The molecule has 1 heterocycles. The number of aryl methyl sites for hydroxylation is 1. The van der Waals surface area contributed by atoms with Gasteiger partial charge in [0.05, 0.1) is 18.0 Å². The highest BCUT2D eigenvalue weighted by atomic mass is 16.5. The van der Waals surface area contributed by atoms with Gasteiger partial charge >= 0.3 is 0 Å². The summed E-state index contributed by atoms with van der Waals surface area (Å²) in [6.45, 7) is 2.79. The lowest BCUT2D eigenvalue weighted by atomic mass is 10.2. The van der Waals surface area contributed by atoms with E-state index in [1.165, 1.54) is 0 Å². The summed E-state index contributed by atoms with van der Waals surface area (Å²) in [5, 5.41) is 7.86. The molecule has 0 aliphatic heterocycles. The van der Waals surface area contributed by atoms with Crippen molar-refractivity contribution in [3.63, 3.8) is 0 Å². The fourth-order valence-electron chi connectivity index (χ4n) is 3.52. The maximum atomic E-state index is 13.0. The number of ether oxygens (including phenoxy) is 1. The predicted molar refractivity (Wildman–Crippen MR) is 110 cm³/mol. The molecule has 0 bridgehead atoms. The van der Waals surface area contributed by atoms with Crippen molar-refractivity contribution in [1.29, 1.82) is 0 Å². The largest absolute Gasteiger partial charge is 0.494 e. The molecule has 0 fully saturated rings. The van der Waals surface area contributed by atoms with Crippen LogP contribution in [0.25, 0.3) is 5.69 Å². The Labute approximate surface area is 165 Å². The average molecular weight is 375 g/mol. The van der Waals surface area contributed by atoms with Gasteiger partial charge in [0.1, 0.15) is 11.6 Å². The minimum Gasteiger partial charge on any atom is -0.494 e. The number of para-hydroxylation sites is 1. The van der Waals surface area contributed by atoms with Gasteiger partial charge in [-0.15, -0.1) is 0 Å². The van der Waals surface area contributed by atoms with Crippen LogP contribution in [0.2, 0.25) is 0 Å². The van der Waals surface area contributed by atoms with Crippen LogP contribution in [0.3, 0.4) is 0 Å². The third kappa shape index (κ3) is 3.79. The molecule has 144 valence electrons. The highest BCUT2D eigenvalue weighted by Gasteiger charge is 2.24. The van der Waals surface area contributed by atoms with Crippen molar-refractivity contribution >= 4 is 11.7 Å². The minimum absolute atomic E-state index is 0.146. The lowest BCUT2D eigenvalue weighted by molar-refractivity contribution is 0.102. The number of fused-ring (bicyclic) bond motifs is 1. The van der Waals surface area contributed by atoms with E-state index < -0.39 is 0 Å². The second-order valence-corrected chi connectivity index (χ2v) is 7.06. The van der Waals surface area contributed by atoms with Gasteiger partial charge in [-0.3, -0.25) is 4.79 Å². The van der Waals surface area contributed by atoms with Gasteiger partial charge < -0.3 is 10.1 Å². The molecule has 0 radical (unpaired) electrons. The first kappa shape index (κ1) is 18.3. The van der Waals surface area contributed by atoms with Crippen molar-refractivity contribution in [2.24, 2.45) is 0 Å². The van der Waals surface area contributed by atoms with Crippen LogP contribution in [-0.2, 0) is 12.8 Å². The molecule has 1 N–H and O–H groups in total. The predicted octanol–water partition coefficient (Wildman–Crippen LogP) is 4.79. The highest BCUT2D eigenvalue weighted by molar-refractivity contribution is 6.04. The summed E-state index contributed by atoms with van der Waals surface area (Å²) < 4.78 is 7.59. The molecule has 0 saturated heterocycles. The Morgan fingerprint density at radius 3 is 2.82 bits per heavy atom. The first-order chi connectivity index (χ1) is 13.8. The van der Waals surface area contributed by atoms with E-state index in [2.05, 4.69) is 12.2 Å². The zero-order chi connectivity index (χ0) is 19.3. The van der Waals surface area contributed by atoms with Crippen LogP contribution in [0, 0.1) is 0 Å². The maximum absolute atomic E-state index is 13.0. The summed E-state index contributed by atoms with van der Waals surface area (Å²) in [7, 11) is 0. The lowest BCUT2D eigenvalue weighted by Gasteiger charge is -2.12. The molecule has 2 aromatic carbocycles. The van der Waals surface area contributed by atoms with Gasteiger partial charge in [-0.25, -0.2) is 4.68 Å². The lowest BCUT2D eigenvalue weighted by Crippen LogP contribution is -2.16. The Hall–Kier alpha value is -3.08. The molecule has 28 heavy (non-hydrogen) atoms. The Bertz CT molecular complexity index is 963. The van der Waals surface area contributed by atoms with Crippen molar-refractivity contribution in [2.75, 3.05) is 11.9 Å². The fourth-order valence-corrected chi connectivity index (χ4v) is 3.52. The molecule has 0 saturated carbocycles. The molecule has 5 nitrogen and oxygen atoms in total. The van der Waals surface area contributed by atoms with E-state index in [0.29, 0.717) is 12.2 Å². The summed E-state index contributed by atoms with van der Waals surface area (Å²) in [4.78, 5) is 13.0. The van der Waals surface area contributed by atoms with Crippen molar-refractivity contribution in [3.05, 3.63) is 71.4 Å². The van der Waals surface area contributed by atoms with Gasteiger partial charge in [0.2, 0.25) is 0 Å². The Morgan fingerprint density at radius 1 is 1.14 bits per heavy atom. The molecule has 0 unspecified atom stereocenters. The van der Waals surface area contributed by atoms with Crippen molar-refractivity contribution in [3.8, 4) is 11.4 Å². The number of anilines is 1. The number of rotatable bonds is 7. The molecular weight excluding hydrogens is 350 g/mol. The van der Waals surface area contributed by atoms with E-state index in [0.717, 1.165) is 60.6 Å². The maximum Gasteiger partial charge on any atom is 0.256 e. The SMILES string of the molecule is CCCCOc1cccc(C(=O)Nc2c3c(nn2-c2ccccc2)CCC3)c1. The van der Waals surface area contributed by atoms with Crippen molar-refractivity contribution < 1.29 is 9.53 Å². The van der Waals surface area contributed by atoms with Gasteiger partial charge in [-0.2, -0.15) is 5.10 Å². The Morgan fingerprint density at radius 2 is 2.00 bits per heavy atom. The topological polar surface area (TPSA) is 56.1 Å². The molecular formula is C23H25N3O2. The first-order valence-electron chi connectivity index (χ1n) is 9.96. The monoisotopic (exact) mass is 375 g/mol. The molecule has 0 atom stereocenters. The second kappa shape index (κ2) is 8.30. The van der Waals surface area contributed by atoms with Crippen LogP contribution < -0.4 is 10.1 Å². The van der Waals surface area contributed by atoms with E-state index in [1.807, 2.05) is 53.2 Å². The number of amides is 1.